The van der Waals surface area contributed by atoms with E-state index in [2.05, 4.69) is 51.5 Å². The Morgan fingerprint density at radius 3 is 1.53 bits per heavy atom. The standard InChI is InChI=1S/C12H22N2O.C12H21N2O.C12H17N2O.C12H10N2O.2C5H11N2.3Co/c4*15-11-6-2-1-5-10(11)9-14-12-7-3-4-8-13-12;2*6-5-3-1-2-4-7-5;;;/h9-13,15H,1-8H2;9-12,15H,1-8H2;3-4,7-12,15H,1-2,5-6H2;1-9,15H;2*5H,1-4,6H2;;;/q;2*-1;;2*-1;;2*+3/b;;;14-9+;;;;;. The van der Waals surface area contributed by atoms with E-state index in [1.54, 1.807) is 42.9 Å². The second-order valence-electron chi connectivity index (χ2n) is 20.5. The molecular weight excluding hydrogens is 1110 g/mol. The Kier molecular flexibility index (Phi) is 40.2. The summed E-state index contributed by atoms with van der Waals surface area (Å²) in [7, 11) is 0. The fourth-order valence-electron chi connectivity index (χ4n) is 9.70. The number of aliphatic imine (C=N–C) groups is 4. The number of phenolic OH excluding ortho intramolecular Hbond substituents is 1. The van der Waals surface area contributed by atoms with E-state index in [0.717, 1.165) is 96.8 Å². The molecule has 11 atom stereocenters. The van der Waals surface area contributed by atoms with Crippen LogP contribution >= 0.6 is 0 Å². The minimum atomic E-state index is -0.203. The molecule has 10 rings (SSSR count). The van der Waals surface area contributed by atoms with E-state index in [-0.39, 0.29) is 111 Å². The number of nitrogens with two attached hydrogens (primary N) is 2. The van der Waals surface area contributed by atoms with Crippen LogP contribution in [0.2, 0.25) is 0 Å². The predicted molar refractivity (Wildman–Crippen MR) is 306 cm³/mol. The smallest absolute Gasteiger partial charge is 0.667 e. The minimum absolute atomic E-state index is 0. The van der Waals surface area contributed by atoms with Crippen molar-refractivity contribution in [3.8, 4) is 5.75 Å². The van der Waals surface area contributed by atoms with Gasteiger partial charge in [0, 0.05) is 71.2 Å². The first kappa shape index (κ1) is 70.4. The molecule has 1 radical (unpaired) electrons. The van der Waals surface area contributed by atoms with Crippen molar-refractivity contribution in [3.05, 3.63) is 99.9 Å². The summed E-state index contributed by atoms with van der Waals surface area (Å²) in [4.78, 5) is 21.6. The van der Waals surface area contributed by atoms with E-state index in [9.17, 15) is 20.4 Å². The topological polar surface area (TPSA) is 264 Å². The summed E-state index contributed by atoms with van der Waals surface area (Å²) in [6.07, 6.45) is 44.6. The van der Waals surface area contributed by atoms with Gasteiger partial charge in [-0.05, 0) is 101 Å². The fraction of sp³-hybridized carbons (Fsp3) is 0.672. The number of benzene rings is 1. The van der Waals surface area contributed by atoms with Crippen molar-refractivity contribution >= 4 is 30.7 Å². The van der Waals surface area contributed by atoms with Crippen molar-refractivity contribution < 1.29 is 70.8 Å². The number of pyridine rings is 1. The van der Waals surface area contributed by atoms with E-state index in [1.165, 1.54) is 83.5 Å². The largest absolute Gasteiger partial charge is 3.00 e. The van der Waals surface area contributed by atoms with E-state index in [0.29, 0.717) is 23.5 Å². The quantitative estimate of drug-likeness (QED) is 0.125. The molecule has 16 nitrogen and oxygen atoms in total. The number of rotatable bonds is 8. The van der Waals surface area contributed by atoms with Crippen LogP contribution in [0.3, 0.4) is 0 Å². The van der Waals surface area contributed by atoms with Gasteiger partial charge >= 0.3 is 33.6 Å². The summed E-state index contributed by atoms with van der Waals surface area (Å²) in [6.45, 7) is 4.03. The molecule has 8 aliphatic rings. The zero-order valence-electron chi connectivity index (χ0n) is 45.4. The van der Waals surface area contributed by atoms with Crippen molar-refractivity contribution in [1.82, 2.24) is 10.3 Å². The number of aliphatic hydroxyl groups is 3. The molecule has 1 aromatic carbocycles. The van der Waals surface area contributed by atoms with Crippen LogP contribution in [0.25, 0.3) is 21.3 Å². The van der Waals surface area contributed by atoms with Crippen LogP contribution in [0.1, 0.15) is 160 Å². The Morgan fingerprint density at radius 2 is 1.08 bits per heavy atom. The van der Waals surface area contributed by atoms with Crippen LogP contribution in [0, 0.1) is 17.8 Å². The maximum atomic E-state index is 9.79. The Balaban J connectivity index is 0.000000320. The molecule has 0 spiro atoms. The molecule has 5 aliphatic heterocycles. The van der Waals surface area contributed by atoms with E-state index < -0.39 is 0 Å². The number of nitrogens with one attached hydrogen (secondary N) is 1. The molecule has 433 valence electrons. The summed E-state index contributed by atoms with van der Waals surface area (Å²) >= 11 is 0. The normalized spacial score (nSPS) is 30.0. The zero-order chi connectivity index (χ0) is 52.3. The Labute approximate surface area is 493 Å². The summed E-state index contributed by atoms with van der Waals surface area (Å²) in [5, 5.41) is 59.0. The Morgan fingerprint density at radius 1 is 0.558 bits per heavy atom. The first-order valence-corrected chi connectivity index (χ1v) is 28.4. The maximum absolute atomic E-state index is 9.79. The summed E-state index contributed by atoms with van der Waals surface area (Å²) < 4.78 is 0. The van der Waals surface area contributed by atoms with Crippen LogP contribution in [-0.2, 0) is 50.3 Å². The number of hydrogen-bond acceptors (Lipinski definition) is 12. The molecule has 77 heavy (non-hydrogen) atoms. The number of aliphatic hydroxyl groups excluding tert-OH is 3. The van der Waals surface area contributed by atoms with Gasteiger partial charge in [-0.15, -0.1) is 19.6 Å². The number of piperidine rings is 4. The van der Waals surface area contributed by atoms with Crippen molar-refractivity contribution in [2.75, 3.05) is 26.2 Å². The molecule has 19 heteroatoms. The van der Waals surface area contributed by atoms with Gasteiger partial charge in [0.25, 0.3) is 0 Å². The first-order chi connectivity index (χ1) is 36.2. The third-order valence-corrected chi connectivity index (χ3v) is 14.4. The van der Waals surface area contributed by atoms with Crippen molar-refractivity contribution in [1.29, 1.82) is 0 Å². The molecule has 7 fully saturated rings. The molecule has 3 saturated carbocycles. The average molecular weight is 1200 g/mol. The van der Waals surface area contributed by atoms with Gasteiger partial charge < -0.3 is 63.1 Å². The second-order valence-corrected chi connectivity index (χ2v) is 20.5. The van der Waals surface area contributed by atoms with E-state index in [1.807, 2.05) is 55.1 Å². The van der Waals surface area contributed by atoms with Gasteiger partial charge in [0.15, 0.2) is 5.82 Å². The second kappa shape index (κ2) is 44.0. The van der Waals surface area contributed by atoms with Gasteiger partial charge in [0.2, 0.25) is 0 Å². The van der Waals surface area contributed by atoms with Crippen molar-refractivity contribution in [2.24, 2.45) is 49.2 Å². The monoisotopic (exact) mass is 1200 g/mol. The van der Waals surface area contributed by atoms with Crippen LogP contribution in [-0.4, -0.2) is 126 Å². The fourth-order valence-corrected chi connectivity index (χ4v) is 9.70. The molecule has 3 aliphatic carbocycles. The molecule has 6 heterocycles. The van der Waals surface area contributed by atoms with Gasteiger partial charge in [0.05, 0.1) is 24.5 Å². The molecular formula is C58H92Co3N12O4+2. The van der Waals surface area contributed by atoms with Crippen LogP contribution in [0.4, 0.5) is 5.82 Å². The number of phenols is 1. The summed E-state index contributed by atoms with van der Waals surface area (Å²) in [5.41, 5.74) is 11.6. The number of aromatic nitrogens is 1. The summed E-state index contributed by atoms with van der Waals surface area (Å²) in [5.74, 6) is 1.67. The van der Waals surface area contributed by atoms with Crippen LogP contribution in [0.5, 0.6) is 5.75 Å². The molecule has 0 amide bonds. The third-order valence-electron chi connectivity index (χ3n) is 14.4. The van der Waals surface area contributed by atoms with E-state index in [4.69, 9.17) is 11.5 Å². The zero-order valence-corrected chi connectivity index (χ0v) is 48.5. The molecule has 9 N–H and O–H groups in total. The SMILES string of the molecule is NC1CCCC[N-]1.NC1CCCC[N-]1.OC1CCCCC1C=NC1C=CC=C[N-]1.OC1CCCCC1C=NC1CCCCN1.OC1CCCCC1C=NC1CCCC[N-]1.Oc1ccccc1/C=N/c1ccccn1.[Co+3].[Co+3].[Co]. The predicted octanol–water partition coefficient (Wildman–Crippen LogP) is 10.8. The third kappa shape index (κ3) is 31.2. The number of para-hydroxylation sites is 1. The van der Waals surface area contributed by atoms with Crippen molar-refractivity contribution in [2.45, 2.75) is 203 Å². The van der Waals surface area contributed by atoms with Gasteiger partial charge in [-0.2, -0.15) is 6.20 Å². The Bertz CT molecular complexity index is 1870. The average Bonchev–Trinajstić information content (AvgIpc) is 3.45. The number of nitrogens with zero attached hydrogens (tertiary/aromatic N) is 9. The first-order valence-electron chi connectivity index (χ1n) is 28.4. The number of allylic oxidation sites excluding steroid dienone is 2. The van der Waals surface area contributed by atoms with Gasteiger partial charge in [-0.1, -0.05) is 145 Å². The molecule has 11 unspecified atom stereocenters. The van der Waals surface area contributed by atoms with Gasteiger partial charge in [-0.3, -0.25) is 10.3 Å². The van der Waals surface area contributed by atoms with Crippen molar-refractivity contribution in [3.63, 3.8) is 0 Å². The summed E-state index contributed by atoms with van der Waals surface area (Å²) in [6, 6.07) is 12.5. The minimum Gasteiger partial charge on any atom is -0.667 e. The van der Waals surface area contributed by atoms with Gasteiger partial charge in [-0.25, -0.2) is 9.98 Å². The van der Waals surface area contributed by atoms with Gasteiger partial charge in [0.1, 0.15) is 5.75 Å². The van der Waals surface area contributed by atoms with Crippen LogP contribution in [0.15, 0.2) is 93.1 Å². The molecule has 2 aromatic rings. The molecule has 4 saturated heterocycles. The molecule has 1 aromatic heterocycles. The Hall–Kier alpha value is -2.71. The number of aromatic hydroxyl groups is 1. The maximum Gasteiger partial charge on any atom is 3.00 e. The van der Waals surface area contributed by atoms with E-state index >= 15 is 0 Å². The molecule has 0 bridgehead atoms. The van der Waals surface area contributed by atoms with Crippen LogP contribution < -0.4 is 16.8 Å². The number of hydrogen-bond donors (Lipinski definition) is 7.